The van der Waals surface area contributed by atoms with Gasteiger partial charge in [-0.2, -0.15) is 0 Å². The topological polar surface area (TPSA) is 19.6 Å². The first-order valence-electron chi connectivity index (χ1n) is 26.6. The van der Waals surface area contributed by atoms with E-state index in [4.69, 9.17) is 4.42 Å². The van der Waals surface area contributed by atoms with E-state index in [1.807, 2.05) is 6.07 Å². The van der Waals surface area contributed by atoms with E-state index in [1.165, 1.54) is 66.8 Å². The summed E-state index contributed by atoms with van der Waals surface area (Å²) in [6.45, 7) is 0. The summed E-state index contributed by atoms with van der Waals surface area (Å²) >= 11 is 0. The Bertz CT molecular complexity index is 4270. The predicted octanol–water partition coefficient (Wildman–Crippen LogP) is 19.3. The normalized spacial score (nSPS) is 13.4. The molecule has 13 aromatic rings. The van der Waals surface area contributed by atoms with E-state index in [9.17, 15) is 0 Å². The lowest BCUT2D eigenvalue weighted by Crippen LogP contribution is -2.29. The lowest BCUT2D eigenvalue weighted by Gasteiger charge is -2.35. The Morgan fingerprint density at radius 1 is 0.247 bits per heavy atom. The molecule has 0 unspecified atom stereocenters. The van der Waals surface area contributed by atoms with Gasteiger partial charge in [-0.05, 0) is 140 Å². The molecule has 2 aliphatic rings. The molecule has 3 heteroatoms. The van der Waals surface area contributed by atoms with Gasteiger partial charge in [0.1, 0.15) is 11.2 Å². The largest absolute Gasteiger partial charge is 0.456 e. The number of benzene rings is 12. The maximum atomic E-state index is 6.53. The minimum Gasteiger partial charge on any atom is -0.456 e. The number of anilines is 6. The van der Waals surface area contributed by atoms with E-state index < -0.39 is 10.8 Å². The van der Waals surface area contributed by atoms with Gasteiger partial charge in [0, 0.05) is 33.8 Å². The Morgan fingerprint density at radius 3 is 1.26 bits per heavy atom. The molecular weight excluding hydrogens is 933 g/mol. The molecular formula is C74H50N2O. The van der Waals surface area contributed by atoms with Crippen LogP contribution in [0.25, 0.3) is 44.2 Å². The monoisotopic (exact) mass is 982 g/mol. The van der Waals surface area contributed by atoms with E-state index in [1.54, 1.807) is 0 Å². The molecule has 0 saturated heterocycles. The van der Waals surface area contributed by atoms with Crippen LogP contribution in [-0.4, -0.2) is 0 Å². The third-order valence-electron chi connectivity index (χ3n) is 16.4. The van der Waals surface area contributed by atoms with Crippen LogP contribution in [0.1, 0.15) is 44.5 Å². The molecule has 0 N–H and O–H groups in total. The van der Waals surface area contributed by atoms with Gasteiger partial charge in [0.25, 0.3) is 0 Å². The van der Waals surface area contributed by atoms with Crippen molar-refractivity contribution in [3.05, 3.63) is 348 Å². The molecule has 0 bridgehead atoms. The van der Waals surface area contributed by atoms with Gasteiger partial charge in [0.05, 0.1) is 21.9 Å². The van der Waals surface area contributed by atoms with Crippen LogP contribution < -0.4 is 9.80 Å². The fraction of sp³-hybridized carbons (Fsp3) is 0.0270. The zero-order valence-corrected chi connectivity index (χ0v) is 42.2. The lowest BCUT2D eigenvalue weighted by atomic mass is 9.67. The highest BCUT2D eigenvalue weighted by Crippen LogP contribution is 2.59. The highest BCUT2D eigenvalue weighted by Gasteiger charge is 2.48. The molecule has 0 amide bonds. The minimum absolute atomic E-state index is 0.530. The molecule has 1 heterocycles. The highest BCUT2D eigenvalue weighted by atomic mass is 16.3. The van der Waals surface area contributed by atoms with E-state index in [-0.39, 0.29) is 0 Å². The first kappa shape index (κ1) is 44.5. The number of rotatable bonds is 10. The van der Waals surface area contributed by atoms with Crippen molar-refractivity contribution < 1.29 is 4.42 Å². The summed E-state index contributed by atoms with van der Waals surface area (Å²) in [6, 6.07) is 111. The molecule has 3 nitrogen and oxygen atoms in total. The standard InChI is InChI=1S/C74H50N2O/c1-5-24-51(25-6-1)73(52-26-7-2-8-27-52)67-42-19-15-38-62(67)64-50-59(46-47-68(64)73)75(56-33-21-30-54(48-56)74(53-28-9-3-10-29-53)65-40-17-13-36-60(65)61-37-14-18-41-66(61)74)57-34-22-35-58(49-57)76(55-31-11-4-12-32-55)69-43-23-45-71-72(69)63-39-16-20-44-70(63)77-71/h1-50H. The van der Waals surface area contributed by atoms with Gasteiger partial charge >= 0.3 is 0 Å². The smallest absolute Gasteiger partial charge is 0.137 e. The molecule has 0 spiro atoms. The molecule has 0 atom stereocenters. The average Bonchev–Trinajstić information content (AvgIpc) is 4.37. The second-order valence-corrected chi connectivity index (χ2v) is 20.3. The number of nitrogens with zero attached hydrogens (tertiary/aromatic N) is 2. The minimum atomic E-state index is -0.587. The first-order valence-corrected chi connectivity index (χ1v) is 26.6. The molecule has 2 aliphatic carbocycles. The summed E-state index contributed by atoms with van der Waals surface area (Å²) in [5, 5.41) is 2.15. The highest BCUT2D eigenvalue weighted by molar-refractivity contribution is 6.13. The van der Waals surface area contributed by atoms with Crippen LogP contribution in [0.5, 0.6) is 0 Å². The van der Waals surface area contributed by atoms with Crippen molar-refractivity contribution >= 4 is 56.1 Å². The third kappa shape index (κ3) is 6.70. The Balaban J connectivity index is 0.990. The van der Waals surface area contributed by atoms with Crippen molar-refractivity contribution in [1.82, 2.24) is 0 Å². The van der Waals surface area contributed by atoms with Crippen molar-refractivity contribution in [2.75, 3.05) is 9.80 Å². The lowest BCUT2D eigenvalue weighted by molar-refractivity contribution is 0.669. The Labute approximate surface area is 448 Å². The SMILES string of the molecule is c1ccc(N(c2cccc(N(c3cccc(C4(c5ccccc5)c5ccccc5-c5ccccc54)c3)c3ccc4c(c3)-c3ccccc3C4(c3ccccc3)c3ccccc3)c2)c2cccc3oc4ccccc4c23)cc1. The fourth-order valence-corrected chi connectivity index (χ4v) is 13.3. The van der Waals surface area contributed by atoms with Crippen LogP contribution in [0.3, 0.4) is 0 Å². The van der Waals surface area contributed by atoms with Crippen molar-refractivity contribution in [1.29, 1.82) is 0 Å². The van der Waals surface area contributed by atoms with Crippen LogP contribution in [-0.2, 0) is 10.8 Å². The second-order valence-electron chi connectivity index (χ2n) is 20.3. The van der Waals surface area contributed by atoms with Crippen molar-refractivity contribution in [3.8, 4) is 22.3 Å². The summed E-state index contributed by atoms with van der Waals surface area (Å²) in [5.41, 5.74) is 21.8. The van der Waals surface area contributed by atoms with E-state index >= 15 is 0 Å². The van der Waals surface area contributed by atoms with Gasteiger partial charge in [-0.15, -0.1) is 0 Å². The third-order valence-corrected chi connectivity index (χ3v) is 16.4. The van der Waals surface area contributed by atoms with Crippen LogP contribution in [0.4, 0.5) is 34.1 Å². The molecule has 77 heavy (non-hydrogen) atoms. The maximum Gasteiger partial charge on any atom is 0.137 e. The van der Waals surface area contributed by atoms with E-state index in [0.29, 0.717) is 0 Å². The zero-order chi connectivity index (χ0) is 50.9. The number of fused-ring (bicyclic) bond motifs is 9. The first-order chi connectivity index (χ1) is 38.2. The summed E-state index contributed by atoms with van der Waals surface area (Å²) in [7, 11) is 0. The predicted molar refractivity (Wildman–Crippen MR) is 318 cm³/mol. The molecule has 15 rings (SSSR count). The molecule has 362 valence electrons. The van der Waals surface area contributed by atoms with Gasteiger partial charge in [0.15, 0.2) is 0 Å². The van der Waals surface area contributed by atoms with Crippen LogP contribution in [0.2, 0.25) is 0 Å². The van der Waals surface area contributed by atoms with Crippen molar-refractivity contribution in [2.45, 2.75) is 10.8 Å². The Kier molecular flexibility index (Phi) is 10.3. The van der Waals surface area contributed by atoms with Crippen molar-refractivity contribution in [2.24, 2.45) is 0 Å². The van der Waals surface area contributed by atoms with Gasteiger partial charge in [-0.3, -0.25) is 0 Å². The fourth-order valence-electron chi connectivity index (χ4n) is 13.3. The van der Waals surface area contributed by atoms with E-state index in [0.717, 1.165) is 56.1 Å². The van der Waals surface area contributed by atoms with Crippen LogP contribution in [0, 0.1) is 0 Å². The quantitative estimate of drug-likeness (QED) is 0.136. The summed E-state index contributed by atoms with van der Waals surface area (Å²) in [4.78, 5) is 4.86. The van der Waals surface area contributed by atoms with E-state index in [2.05, 4.69) is 307 Å². The number of furan rings is 1. The number of para-hydroxylation sites is 2. The van der Waals surface area contributed by atoms with Crippen LogP contribution >= 0.6 is 0 Å². The number of hydrogen-bond donors (Lipinski definition) is 0. The maximum absolute atomic E-state index is 6.53. The summed E-state index contributed by atoms with van der Waals surface area (Å²) in [5.74, 6) is 0. The van der Waals surface area contributed by atoms with Gasteiger partial charge < -0.3 is 14.2 Å². The summed E-state index contributed by atoms with van der Waals surface area (Å²) < 4.78 is 6.53. The second kappa shape index (κ2) is 17.9. The molecule has 0 radical (unpaired) electrons. The molecule has 0 fully saturated rings. The van der Waals surface area contributed by atoms with Gasteiger partial charge in [-0.1, -0.05) is 231 Å². The van der Waals surface area contributed by atoms with Gasteiger partial charge in [-0.25, -0.2) is 0 Å². The summed E-state index contributed by atoms with van der Waals surface area (Å²) in [6.07, 6.45) is 0. The van der Waals surface area contributed by atoms with Gasteiger partial charge in [0.2, 0.25) is 0 Å². The molecule has 0 aliphatic heterocycles. The van der Waals surface area contributed by atoms with Crippen LogP contribution in [0.15, 0.2) is 308 Å². The number of hydrogen-bond acceptors (Lipinski definition) is 3. The molecule has 12 aromatic carbocycles. The zero-order valence-electron chi connectivity index (χ0n) is 42.2. The molecule has 0 saturated carbocycles. The molecule has 1 aromatic heterocycles. The Morgan fingerprint density at radius 2 is 0.649 bits per heavy atom. The Hall–Kier alpha value is -9.96. The van der Waals surface area contributed by atoms with Crippen molar-refractivity contribution in [3.63, 3.8) is 0 Å². The average molecular weight is 983 g/mol.